The van der Waals surface area contributed by atoms with E-state index in [1.807, 2.05) is 29.5 Å². The second kappa shape index (κ2) is 6.00. The third kappa shape index (κ3) is 3.43. The molecule has 100 valence electrons. The molecule has 0 spiro atoms. The molecule has 0 radical (unpaired) electrons. The summed E-state index contributed by atoms with van der Waals surface area (Å²) in [6.07, 6.45) is 0.674. The van der Waals surface area contributed by atoms with Crippen LogP contribution in [0, 0.1) is 3.57 Å². The molecular formula is C12H11IN2O4. The molecule has 1 aromatic heterocycles. The van der Waals surface area contributed by atoms with Crippen LogP contribution in [0.5, 0.6) is 5.75 Å². The van der Waals surface area contributed by atoms with Gasteiger partial charge in [0.1, 0.15) is 11.3 Å². The van der Waals surface area contributed by atoms with Gasteiger partial charge in [0.25, 0.3) is 5.89 Å². The van der Waals surface area contributed by atoms with Crippen LogP contribution >= 0.6 is 22.6 Å². The maximum Gasteiger partial charge on any atom is 0.339 e. The number of aryl methyl sites for hydroxylation is 1. The van der Waals surface area contributed by atoms with E-state index in [1.54, 1.807) is 18.2 Å². The van der Waals surface area contributed by atoms with Gasteiger partial charge in [0.05, 0.1) is 0 Å². The van der Waals surface area contributed by atoms with Crippen LogP contribution in [-0.2, 0) is 13.0 Å². The fourth-order valence-corrected chi connectivity index (χ4v) is 1.92. The smallest absolute Gasteiger partial charge is 0.339 e. The topological polar surface area (TPSA) is 85.5 Å². The lowest BCUT2D eigenvalue weighted by atomic mass is 10.2. The van der Waals surface area contributed by atoms with Gasteiger partial charge in [-0.25, -0.2) is 4.79 Å². The summed E-state index contributed by atoms with van der Waals surface area (Å²) in [7, 11) is 0. The third-order valence-corrected chi connectivity index (χ3v) is 3.02. The van der Waals surface area contributed by atoms with E-state index in [4.69, 9.17) is 14.4 Å². The normalized spacial score (nSPS) is 10.4. The molecule has 0 saturated carbocycles. The number of aromatic nitrogens is 2. The number of carboxylic acid groups (broad SMARTS) is 1. The van der Waals surface area contributed by atoms with Crippen molar-refractivity contribution in [3.63, 3.8) is 0 Å². The van der Waals surface area contributed by atoms with Crippen LogP contribution in [0.1, 0.15) is 29.0 Å². The van der Waals surface area contributed by atoms with Gasteiger partial charge in [-0.3, -0.25) is 0 Å². The zero-order valence-corrected chi connectivity index (χ0v) is 12.2. The molecule has 1 N–H and O–H groups in total. The van der Waals surface area contributed by atoms with Crippen LogP contribution in [0.2, 0.25) is 0 Å². The Labute approximate surface area is 122 Å². The minimum absolute atomic E-state index is 0.0495. The Morgan fingerprint density at radius 2 is 2.32 bits per heavy atom. The number of carbonyl (C=O) groups is 1. The zero-order chi connectivity index (χ0) is 13.8. The Balaban J connectivity index is 2.12. The van der Waals surface area contributed by atoms with Crippen molar-refractivity contribution < 1.29 is 19.2 Å². The van der Waals surface area contributed by atoms with Gasteiger partial charge >= 0.3 is 5.97 Å². The summed E-state index contributed by atoms with van der Waals surface area (Å²) in [6, 6.07) is 4.93. The lowest BCUT2D eigenvalue weighted by Gasteiger charge is -2.07. The molecule has 0 unspecified atom stereocenters. The Morgan fingerprint density at radius 3 is 2.95 bits per heavy atom. The monoisotopic (exact) mass is 374 g/mol. The van der Waals surface area contributed by atoms with E-state index in [2.05, 4.69) is 10.1 Å². The van der Waals surface area contributed by atoms with Crippen LogP contribution < -0.4 is 4.74 Å². The van der Waals surface area contributed by atoms with Gasteiger partial charge in [-0.15, -0.1) is 0 Å². The summed E-state index contributed by atoms with van der Waals surface area (Å²) in [5.74, 6) is 0.170. The molecule has 0 aliphatic carbocycles. The molecule has 1 aromatic carbocycles. The third-order valence-electron chi connectivity index (χ3n) is 2.35. The number of ether oxygens (including phenoxy) is 1. The molecule has 2 aromatic rings. The molecule has 1 heterocycles. The summed E-state index contributed by atoms with van der Waals surface area (Å²) < 4.78 is 11.2. The highest BCUT2D eigenvalue weighted by molar-refractivity contribution is 14.1. The van der Waals surface area contributed by atoms with E-state index in [9.17, 15) is 4.79 Å². The van der Waals surface area contributed by atoms with E-state index in [0.717, 1.165) is 3.57 Å². The summed E-state index contributed by atoms with van der Waals surface area (Å²) in [6.45, 7) is 1.96. The first-order valence-electron chi connectivity index (χ1n) is 5.57. The molecule has 0 fully saturated rings. The number of hydrogen-bond donors (Lipinski definition) is 1. The number of rotatable bonds is 5. The summed E-state index contributed by atoms with van der Waals surface area (Å²) in [5.41, 5.74) is 0.113. The summed E-state index contributed by atoms with van der Waals surface area (Å²) in [5, 5.41) is 12.8. The highest BCUT2D eigenvalue weighted by Crippen LogP contribution is 2.22. The van der Waals surface area contributed by atoms with Crippen LogP contribution in [0.4, 0.5) is 0 Å². The summed E-state index contributed by atoms with van der Waals surface area (Å²) >= 11 is 2.04. The zero-order valence-electron chi connectivity index (χ0n) is 10.1. The van der Waals surface area contributed by atoms with Crippen LogP contribution in [-0.4, -0.2) is 21.2 Å². The van der Waals surface area contributed by atoms with E-state index in [0.29, 0.717) is 18.1 Å². The van der Waals surface area contributed by atoms with E-state index in [-0.39, 0.29) is 17.9 Å². The molecule has 0 bridgehead atoms. The number of halogens is 1. The number of benzene rings is 1. The molecule has 0 saturated heterocycles. The number of nitrogens with zero attached hydrogens (tertiary/aromatic N) is 2. The van der Waals surface area contributed by atoms with Crippen molar-refractivity contribution in [1.29, 1.82) is 0 Å². The molecule has 0 aliphatic heterocycles. The van der Waals surface area contributed by atoms with Crippen LogP contribution in [0.25, 0.3) is 0 Å². The molecule has 0 amide bonds. The average molecular weight is 374 g/mol. The van der Waals surface area contributed by atoms with Crippen molar-refractivity contribution in [2.75, 3.05) is 0 Å². The van der Waals surface area contributed by atoms with Crippen molar-refractivity contribution in [2.45, 2.75) is 20.0 Å². The Morgan fingerprint density at radius 1 is 1.53 bits per heavy atom. The van der Waals surface area contributed by atoms with E-state index in [1.165, 1.54) is 0 Å². The van der Waals surface area contributed by atoms with Crippen molar-refractivity contribution >= 4 is 28.6 Å². The van der Waals surface area contributed by atoms with Gasteiger partial charge in [-0.1, -0.05) is 12.1 Å². The van der Waals surface area contributed by atoms with Gasteiger partial charge in [0.2, 0.25) is 0 Å². The van der Waals surface area contributed by atoms with Gasteiger partial charge in [0.15, 0.2) is 12.4 Å². The van der Waals surface area contributed by atoms with Crippen molar-refractivity contribution in [1.82, 2.24) is 10.1 Å². The van der Waals surface area contributed by atoms with Crippen LogP contribution in [0.3, 0.4) is 0 Å². The first-order chi connectivity index (χ1) is 9.10. The SMILES string of the molecule is CCc1noc(COc2ccc(I)cc2C(=O)O)n1. The molecule has 19 heavy (non-hydrogen) atoms. The van der Waals surface area contributed by atoms with Gasteiger partial charge in [-0.2, -0.15) is 4.98 Å². The standard InChI is InChI=1S/C12H11IN2O4/c1-2-10-14-11(19-15-10)6-18-9-4-3-7(13)5-8(9)12(16)17/h3-5H,2,6H2,1H3,(H,16,17). The average Bonchev–Trinajstić information content (AvgIpc) is 2.85. The lowest BCUT2D eigenvalue weighted by Crippen LogP contribution is -2.04. The van der Waals surface area contributed by atoms with Gasteiger partial charge in [0, 0.05) is 9.99 Å². The lowest BCUT2D eigenvalue weighted by molar-refractivity contribution is 0.0691. The minimum atomic E-state index is -1.03. The largest absolute Gasteiger partial charge is 0.483 e. The van der Waals surface area contributed by atoms with Crippen molar-refractivity contribution in [3.05, 3.63) is 39.0 Å². The predicted molar refractivity (Wildman–Crippen MR) is 74.1 cm³/mol. The van der Waals surface area contributed by atoms with Crippen LogP contribution in [0.15, 0.2) is 22.7 Å². The molecule has 0 atom stereocenters. The fourth-order valence-electron chi connectivity index (χ4n) is 1.43. The first kappa shape index (κ1) is 13.8. The molecule has 6 nitrogen and oxygen atoms in total. The maximum absolute atomic E-state index is 11.1. The number of aromatic carboxylic acids is 1. The second-order valence-electron chi connectivity index (χ2n) is 3.69. The highest BCUT2D eigenvalue weighted by atomic mass is 127. The Kier molecular flexibility index (Phi) is 4.35. The highest BCUT2D eigenvalue weighted by Gasteiger charge is 2.13. The maximum atomic E-state index is 11.1. The number of carboxylic acids is 1. The first-order valence-corrected chi connectivity index (χ1v) is 6.65. The minimum Gasteiger partial charge on any atom is -0.483 e. The predicted octanol–water partition coefficient (Wildman–Crippen LogP) is 2.51. The molecule has 7 heteroatoms. The molecule has 2 rings (SSSR count). The van der Waals surface area contributed by atoms with Gasteiger partial charge < -0.3 is 14.4 Å². The fraction of sp³-hybridized carbons (Fsp3) is 0.250. The van der Waals surface area contributed by atoms with E-state index < -0.39 is 5.97 Å². The quantitative estimate of drug-likeness (QED) is 0.810. The van der Waals surface area contributed by atoms with Crippen molar-refractivity contribution in [3.8, 4) is 5.75 Å². The van der Waals surface area contributed by atoms with E-state index >= 15 is 0 Å². The molecule has 0 aliphatic rings. The Bertz CT molecular complexity index is 597. The summed E-state index contributed by atoms with van der Waals surface area (Å²) in [4.78, 5) is 15.2. The van der Waals surface area contributed by atoms with Crippen molar-refractivity contribution in [2.24, 2.45) is 0 Å². The molecular weight excluding hydrogens is 363 g/mol. The second-order valence-corrected chi connectivity index (χ2v) is 4.94. The number of hydrogen-bond acceptors (Lipinski definition) is 5. The Hall–Kier alpha value is -1.64. The van der Waals surface area contributed by atoms with Gasteiger partial charge in [-0.05, 0) is 40.8 Å².